The van der Waals surface area contributed by atoms with E-state index in [1.807, 2.05) is 26.0 Å². The third-order valence-corrected chi connectivity index (χ3v) is 2.08. The lowest BCUT2D eigenvalue weighted by atomic mass is 9.82. The van der Waals surface area contributed by atoms with Crippen LogP contribution in [0, 0.1) is 5.92 Å². The number of carboxylic acid groups (broad SMARTS) is 3. The van der Waals surface area contributed by atoms with Crippen molar-refractivity contribution in [2.75, 3.05) is 27.7 Å². The van der Waals surface area contributed by atoms with Crippen LogP contribution >= 0.6 is 0 Å². The zero-order valence-corrected chi connectivity index (χ0v) is 12.3. The minimum atomic E-state index is -2.93. The zero-order chi connectivity index (χ0) is 16.5. The van der Waals surface area contributed by atoms with Crippen molar-refractivity contribution in [2.45, 2.75) is 18.4 Å². The lowest BCUT2D eigenvalue weighted by Gasteiger charge is -2.27. The van der Waals surface area contributed by atoms with Gasteiger partial charge in [0.2, 0.25) is 0 Å². The monoisotopic (exact) mass is 312 g/mol. The van der Waals surface area contributed by atoms with Crippen molar-refractivity contribution < 1.29 is 39.9 Å². The van der Waals surface area contributed by atoms with E-state index in [-0.39, 0.29) is 6.15 Å². The van der Waals surface area contributed by atoms with Crippen molar-refractivity contribution in [2.24, 2.45) is 5.92 Å². The molecule has 2 atom stereocenters. The van der Waals surface area contributed by atoms with Gasteiger partial charge in [-0.15, -0.1) is 0 Å². The average Bonchev–Trinajstić information content (AvgIpc) is 2.22. The summed E-state index contributed by atoms with van der Waals surface area (Å²) in [5.41, 5.74) is -2.93. The van der Waals surface area contributed by atoms with Crippen LogP contribution in [0.15, 0.2) is 0 Å². The van der Waals surface area contributed by atoms with Crippen LogP contribution in [0.4, 0.5) is 0 Å². The van der Waals surface area contributed by atoms with Crippen LogP contribution < -0.4 is 6.15 Å². The van der Waals surface area contributed by atoms with Crippen LogP contribution in [-0.4, -0.2) is 81.7 Å². The van der Waals surface area contributed by atoms with Crippen LogP contribution in [0.1, 0.15) is 12.8 Å². The largest absolute Gasteiger partial charge is 0.481 e. The Labute approximate surface area is 122 Å². The van der Waals surface area contributed by atoms with E-state index >= 15 is 0 Å². The van der Waals surface area contributed by atoms with Crippen LogP contribution in [0.3, 0.4) is 0 Å². The van der Waals surface area contributed by atoms with E-state index in [4.69, 9.17) is 20.4 Å². The van der Waals surface area contributed by atoms with Gasteiger partial charge in [0.15, 0.2) is 5.60 Å². The number of hydrogen-bond acceptors (Lipinski definition) is 7. The van der Waals surface area contributed by atoms with Gasteiger partial charge in [-0.25, -0.2) is 4.79 Å². The van der Waals surface area contributed by atoms with Crippen LogP contribution in [-0.2, 0) is 14.4 Å². The molecule has 126 valence electrons. The fourth-order valence-electron chi connectivity index (χ4n) is 1.27. The number of aliphatic hydroxyl groups is 2. The molecule has 0 aliphatic rings. The summed E-state index contributed by atoms with van der Waals surface area (Å²) in [5, 5.41) is 43.9. The first-order chi connectivity index (χ1) is 8.98. The third-order valence-electron chi connectivity index (χ3n) is 2.08. The highest BCUT2D eigenvalue weighted by Crippen LogP contribution is 2.25. The first-order valence-electron chi connectivity index (χ1n) is 5.61. The van der Waals surface area contributed by atoms with E-state index in [2.05, 4.69) is 0 Å². The maximum absolute atomic E-state index is 10.7. The topological polar surface area (TPSA) is 191 Å². The fourth-order valence-corrected chi connectivity index (χ4v) is 1.27. The summed E-state index contributed by atoms with van der Waals surface area (Å²) in [6, 6.07) is 0. The fraction of sp³-hybridized carbons (Fsp3) is 0.727. The van der Waals surface area contributed by atoms with Crippen molar-refractivity contribution in [3.05, 3.63) is 0 Å². The summed E-state index contributed by atoms with van der Waals surface area (Å²) in [5.74, 6) is -7.16. The number of nitrogens with zero attached hydrogens (tertiary/aromatic N) is 1. The molecule has 2 unspecified atom stereocenters. The zero-order valence-electron chi connectivity index (χ0n) is 12.3. The van der Waals surface area contributed by atoms with Crippen LogP contribution in [0.5, 0.6) is 0 Å². The molecule has 0 fully saturated rings. The van der Waals surface area contributed by atoms with Gasteiger partial charge in [-0.05, 0) is 27.6 Å². The highest BCUT2D eigenvalue weighted by molar-refractivity contribution is 5.89. The SMILES string of the molecule is CN(C)C.N.O=C(O)CC(O)(C(=O)O)C(CCO)C(=O)O. The molecule has 0 spiro atoms. The number of carboxylic acids is 3. The first-order valence-corrected chi connectivity index (χ1v) is 5.61. The Balaban J connectivity index is -0.000000572. The van der Waals surface area contributed by atoms with E-state index in [1.165, 1.54) is 0 Å². The Hall–Kier alpha value is -1.75. The molecular formula is C11H24N2O8. The van der Waals surface area contributed by atoms with E-state index < -0.39 is 48.9 Å². The molecule has 0 radical (unpaired) electrons. The van der Waals surface area contributed by atoms with Gasteiger partial charge in [0.25, 0.3) is 0 Å². The Kier molecular flexibility index (Phi) is 12.7. The second-order valence-electron chi connectivity index (χ2n) is 4.54. The molecule has 8 N–H and O–H groups in total. The minimum Gasteiger partial charge on any atom is -0.481 e. The van der Waals surface area contributed by atoms with Crippen LogP contribution in [0.25, 0.3) is 0 Å². The van der Waals surface area contributed by atoms with E-state index in [1.54, 1.807) is 0 Å². The molecule has 0 rings (SSSR count). The summed E-state index contributed by atoms with van der Waals surface area (Å²) in [6.07, 6.45) is -1.80. The molecule has 0 saturated heterocycles. The van der Waals surface area contributed by atoms with Gasteiger partial charge in [-0.3, -0.25) is 9.59 Å². The molecule has 0 aliphatic carbocycles. The summed E-state index contributed by atoms with van der Waals surface area (Å²) < 4.78 is 0. The molecule has 0 aromatic rings. The molecule has 10 heteroatoms. The van der Waals surface area contributed by atoms with Crippen molar-refractivity contribution in [1.29, 1.82) is 0 Å². The maximum Gasteiger partial charge on any atom is 0.337 e. The number of hydrogen-bond donors (Lipinski definition) is 6. The second-order valence-corrected chi connectivity index (χ2v) is 4.54. The van der Waals surface area contributed by atoms with Crippen LogP contribution in [0.2, 0.25) is 0 Å². The van der Waals surface area contributed by atoms with Gasteiger partial charge >= 0.3 is 17.9 Å². The Morgan fingerprint density at radius 2 is 1.48 bits per heavy atom. The molecule has 0 aliphatic heterocycles. The number of rotatable bonds is 7. The summed E-state index contributed by atoms with van der Waals surface area (Å²) in [7, 11) is 6.00. The van der Waals surface area contributed by atoms with Gasteiger partial charge in [-0.2, -0.15) is 0 Å². The summed E-state index contributed by atoms with van der Waals surface area (Å²) in [6.45, 7) is -0.674. The number of aliphatic carboxylic acids is 3. The normalized spacial score (nSPS) is 14.0. The molecule has 0 heterocycles. The first kappa shape index (κ1) is 24.3. The van der Waals surface area contributed by atoms with E-state index in [0.717, 1.165) is 0 Å². The lowest BCUT2D eigenvalue weighted by Crippen LogP contribution is -2.51. The smallest absolute Gasteiger partial charge is 0.337 e. The van der Waals surface area contributed by atoms with Crippen molar-refractivity contribution >= 4 is 17.9 Å². The highest BCUT2D eigenvalue weighted by atomic mass is 16.4. The summed E-state index contributed by atoms with van der Waals surface area (Å²) >= 11 is 0. The molecule has 10 nitrogen and oxygen atoms in total. The second kappa shape index (κ2) is 11.0. The van der Waals surface area contributed by atoms with Gasteiger partial charge < -0.3 is 36.6 Å². The Morgan fingerprint density at radius 1 is 1.10 bits per heavy atom. The van der Waals surface area contributed by atoms with Gasteiger partial charge in [0.1, 0.15) is 0 Å². The molecule has 0 aromatic carbocycles. The van der Waals surface area contributed by atoms with Gasteiger partial charge in [0.05, 0.1) is 12.3 Å². The third kappa shape index (κ3) is 9.73. The van der Waals surface area contributed by atoms with Crippen molar-refractivity contribution in [3.8, 4) is 0 Å². The Bertz CT molecular complexity index is 344. The van der Waals surface area contributed by atoms with Gasteiger partial charge in [-0.1, -0.05) is 0 Å². The van der Waals surface area contributed by atoms with E-state index in [9.17, 15) is 19.5 Å². The number of carbonyl (C=O) groups is 3. The standard InChI is InChI=1S/C8H12O8.C3H9N.H3N/c9-2-1-4(6(12)13)8(16,7(14)15)3-5(10)11;1-4(2)3;/h4,9,16H,1-3H2,(H,10,11)(H,12,13)(H,14,15);1-3H3;1H3. The summed E-state index contributed by atoms with van der Waals surface area (Å²) in [4.78, 5) is 33.8. The average molecular weight is 312 g/mol. The highest BCUT2D eigenvalue weighted by Gasteiger charge is 2.49. The minimum absolute atomic E-state index is 0. The molecule has 21 heavy (non-hydrogen) atoms. The maximum atomic E-state index is 10.7. The molecular weight excluding hydrogens is 288 g/mol. The molecule has 0 saturated carbocycles. The Morgan fingerprint density at radius 3 is 1.67 bits per heavy atom. The molecule has 0 amide bonds. The van der Waals surface area contributed by atoms with E-state index in [0.29, 0.717) is 0 Å². The quantitative estimate of drug-likeness (QED) is 0.329. The predicted octanol–water partition coefficient (Wildman–Crippen LogP) is -1.30. The van der Waals surface area contributed by atoms with Crippen molar-refractivity contribution in [3.63, 3.8) is 0 Å². The van der Waals surface area contributed by atoms with Gasteiger partial charge in [0, 0.05) is 6.61 Å². The molecule has 0 aromatic heterocycles. The van der Waals surface area contributed by atoms with Crippen molar-refractivity contribution in [1.82, 2.24) is 11.1 Å². The lowest BCUT2D eigenvalue weighted by molar-refractivity contribution is -0.180. The number of aliphatic hydroxyl groups excluding tert-OH is 1. The molecule has 0 bridgehead atoms. The predicted molar refractivity (Wildman–Crippen MR) is 72.3 cm³/mol.